The lowest BCUT2D eigenvalue weighted by molar-refractivity contribution is -0.115. The summed E-state index contributed by atoms with van der Waals surface area (Å²) in [6, 6.07) is 8.96. The number of hydrogen-bond acceptors (Lipinski definition) is 7. The van der Waals surface area contributed by atoms with Crippen LogP contribution >= 0.6 is 11.3 Å². The standard InChI is InChI=1S/C18H15N5O3S/c1-9-14(16(19)24)15(10-4-5-11-12(7-10)26-8-25-11)23-18(20-9)21-17(22-23)13-3-2-6-27-13/h2-7,15H,8H2,1H3,(H2,19,24)(H,20,21,22). The van der Waals surface area contributed by atoms with Gasteiger partial charge in [0, 0.05) is 5.70 Å². The SMILES string of the molecule is CC1=C(C(N)=O)C(c2ccc3c(c2)OCO3)n2nc(-c3cccs3)nc2N1. The van der Waals surface area contributed by atoms with Crippen LogP contribution in [0.25, 0.3) is 10.7 Å². The van der Waals surface area contributed by atoms with Crippen LogP contribution in [0.1, 0.15) is 18.5 Å². The molecule has 0 bridgehead atoms. The van der Waals surface area contributed by atoms with E-state index in [0.29, 0.717) is 34.5 Å². The molecule has 0 spiro atoms. The van der Waals surface area contributed by atoms with Gasteiger partial charge in [0.2, 0.25) is 18.6 Å². The van der Waals surface area contributed by atoms with E-state index in [1.165, 1.54) is 0 Å². The normalized spacial score (nSPS) is 17.6. The molecule has 5 rings (SSSR count). The highest BCUT2D eigenvalue weighted by molar-refractivity contribution is 7.13. The number of aromatic nitrogens is 3. The zero-order valence-electron chi connectivity index (χ0n) is 14.3. The smallest absolute Gasteiger partial charge is 0.248 e. The van der Waals surface area contributed by atoms with E-state index in [0.717, 1.165) is 10.4 Å². The maximum atomic E-state index is 12.2. The molecular formula is C18H15N5O3S. The average Bonchev–Trinajstić information content (AvgIpc) is 3.38. The van der Waals surface area contributed by atoms with Gasteiger partial charge in [-0.25, -0.2) is 4.68 Å². The van der Waals surface area contributed by atoms with Crippen LogP contribution in [0.15, 0.2) is 47.0 Å². The van der Waals surface area contributed by atoms with Crippen LogP contribution < -0.4 is 20.5 Å². The fraction of sp³-hybridized carbons (Fsp3) is 0.167. The first-order valence-corrected chi connectivity index (χ1v) is 9.17. The fourth-order valence-electron chi connectivity index (χ4n) is 3.37. The minimum atomic E-state index is -0.513. The third-order valence-electron chi connectivity index (χ3n) is 4.57. The van der Waals surface area contributed by atoms with Gasteiger partial charge in [-0.2, -0.15) is 4.98 Å². The summed E-state index contributed by atoms with van der Waals surface area (Å²) in [5, 5.41) is 9.76. The monoisotopic (exact) mass is 381 g/mol. The number of primary amides is 1. The minimum Gasteiger partial charge on any atom is -0.454 e. The molecule has 3 aromatic rings. The number of amides is 1. The lowest BCUT2D eigenvalue weighted by Gasteiger charge is -2.27. The third-order valence-corrected chi connectivity index (χ3v) is 5.44. The van der Waals surface area contributed by atoms with Crippen LogP contribution in [0, 0.1) is 0 Å². The van der Waals surface area contributed by atoms with Gasteiger partial charge in [0.25, 0.3) is 0 Å². The van der Waals surface area contributed by atoms with Crippen molar-refractivity contribution in [3.8, 4) is 22.2 Å². The zero-order valence-corrected chi connectivity index (χ0v) is 15.1. The van der Waals surface area contributed by atoms with Crippen molar-refractivity contribution in [3.63, 3.8) is 0 Å². The molecule has 2 aliphatic rings. The summed E-state index contributed by atoms with van der Waals surface area (Å²) in [6.07, 6.45) is 0. The summed E-state index contributed by atoms with van der Waals surface area (Å²) in [6.45, 7) is 1.99. The molecule has 0 fully saturated rings. The quantitative estimate of drug-likeness (QED) is 0.722. The Morgan fingerprint density at radius 2 is 2.19 bits per heavy atom. The number of rotatable bonds is 3. The number of anilines is 1. The second-order valence-corrected chi connectivity index (χ2v) is 7.17. The molecule has 136 valence electrons. The van der Waals surface area contributed by atoms with Crippen LogP contribution in [0.4, 0.5) is 5.95 Å². The Bertz CT molecular complexity index is 1090. The Hall–Kier alpha value is -3.33. The lowest BCUT2D eigenvalue weighted by atomic mass is 9.95. The number of nitrogens with two attached hydrogens (primary N) is 1. The van der Waals surface area contributed by atoms with E-state index < -0.39 is 11.9 Å². The predicted molar refractivity (Wildman–Crippen MR) is 99.6 cm³/mol. The number of nitrogens with zero attached hydrogens (tertiary/aromatic N) is 3. The van der Waals surface area contributed by atoms with Gasteiger partial charge in [-0.05, 0) is 36.1 Å². The molecule has 3 N–H and O–H groups in total. The van der Waals surface area contributed by atoms with Gasteiger partial charge in [-0.1, -0.05) is 12.1 Å². The molecule has 8 nitrogen and oxygen atoms in total. The molecule has 0 saturated carbocycles. The number of thiophene rings is 1. The van der Waals surface area contributed by atoms with Crippen molar-refractivity contribution in [1.29, 1.82) is 0 Å². The van der Waals surface area contributed by atoms with Crippen molar-refractivity contribution in [2.75, 3.05) is 12.1 Å². The third kappa shape index (κ3) is 2.47. The molecule has 0 aliphatic carbocycles. The summed E-state index contributed by atoms with van der Waals surface area (Å²) in [4.78, 5) is 17.8. The summed E-state index contributed by atoms with van der Waals surface area (Å²) >= 11 is 1.55. The van der Waals surface area contributed by atoms with E-state index in [1.54, 1.807) is 16.0 Å². The largest absolute Gasteiger partial charge is 0.454 e. The van der Waals surface area contributed by atoms with E-state index in [9.17, 15) is 4.79 Å². The number of benzene rings is 1. The number of allylic oxidation sites excluding steroid dienone is 1. The van der Waals surface area contributed by atoms with Crippen molar-refractivity contribution in [2.24, 2.45) is 5.73 Å². The molecule has 1 amide bonds. The van der Waals surface area contributed by atoms with Crippen molar-refractivity contribution in [2.45, 2.75) is 13.0 Å². The Labute approximate surface area is 158 Å². The topological polar surface area (TPSA) is 104 Å². The van der Waals surface area contributed by atoms with Crippen LogP contribution in [-0.4, -0.2) is 27.5 Å². The number of carbonyl (C=O) groups excluding carboxylic acids is 1. The summed E-state index contributed by atoms with van der Waals surface area (Å²) < 4.78 is 12.6. The Kier molecular flexibility index (Phi) is 3.44. The molecule has 27 heavy (non-hydrogen) atoms. The molecule has 2 aliphatic heterocycles. The van der Waals surface area contributed by atoms with Crippen molar-refractivity contribution in [1.82, 2.24) is 14.8 Å². The van der Waals surface area contributed by atoms with Crippen molar-refractivity contribution in [3.05, 3.63) is 52.5 Å². The summed E-state index contributed by atoms with van der Waals surface area (Å²) in [5.41, 5.74) is 7.61. The molecule has 0 radical (unpaired) electrons. The molecule has 1 unspecified atom stereocenters. The van der Waals surface area contributed by atoms with Gasteiger partial charge in [0.15, 0.2) is 17.3 Å². The van der Waals surface area contributed by atoms with E-state index in [-0.39, 0.29) is 6.79 Å². The molecular weight excluding hydrogens is 366 g/mol. The van der Waals surface area contributed by atoms with Gasteiger partial charge in [0.05, 0.1) is 10.5 Å². The summed E-state index contributed by atoms with van der Waals surface area (Å²) in [5.74, 6) is 1.95. The highest BCUT2D eigenvalue weighted by Crippen LogP contribution is 2.40. The number of hydrogen-bond donors (Lipinski definition) is 2. The van der Waals surface area contributed by atoms with E-state index in [4.69, 9.17) is 15.2 Å². The first-order valence-electron chi connectivity index (χ1n) is 8.29. The molecule has 1 aromatic carbocycles. The van der Waals surface area contributed by atoms with Gasteiger partial charge < -0.3 is 20.5 Å². The van der Waals surface area contributed by atoms with Crippen LogP contribution in [-0.2, 0) is 4.79 Å². The molecule has 4 heterocycles. The van der Waals surface area contributed by atoms with E-state index in [1.807, 2.05) is 42.6 Å². The average molecular weight is 381 g/mol. The second kappa shape index (κ2) is 5.85. The lowest BCUT2D eigenvalue weighted by Crippen LogP contribution is -2.31. The molecule has 0 saturated heterocycles. The van der Waals surface area contributed by atoms with E-state index >= 15 is 0 Å². The number of fused-ring (bicyclic) bond motifs is 2. The number of carbonyl (C=O) groups is 1. The van der Waals surface area contributed by atoms with Gasteiger partial charge in [-0.15, -0.1) is 16.4 Å². The Morgan fingerprint density at radius 1 is 1.33 bits per heavy atom. The van der Waals surface area contributed by atoms with Crippen LogP contribution in [0.3, 0.4) is 0 Å². The minimum absolute atomic E-state index is 0.180. The zero-order chi connectivity index (χ0) is 18.5. The number of nitrogens with one attached hydrogen (secondary N) is 1. The van der Waals surface area contributed by atoms with E-state index in [2.05, 4.69) is 15.4 Å². The maximum absolute atomic E-state index is 12.2. The fourth-order valence-corrected chi connectivity index (χ4v) is 4.02. The Balaban J connectivity index is 1.68. The predicted octanol–water partition coefficient (Wildman–Crippen LogP) is 2.51. The maximum Gasteiger partial charge on any atom is 0.248 e. The number of ether oxygens (including phenoxy) is 2. The molecule has 9 heteroatoms. The Morgan fingerprint density at radius 3 is 2.96 bits per heavy atom. The molecule has 1 atom stereocenters. The first-order chi connectivity index (χ1) is 13.1. The van der Waals surface area contributed by atoms with Gasteiger partial charge in [-0.3, -0.25) is 4.79 Å². The van der Waals surface area contributed by atoms with Crippen molar-refractivity contribution >= 4 is 23.2 Å². The summed E-state index contributed by atoms with van der Waals surface area (Å²) in [7, 11) is 0. The highest BCUT2D eigenvalue weighted by atomic mass is 32.1. The first kappa shape index (κ1) is 15.9. The van der Waals surface area contributed by atoms with Crippen LogP contribution in [0.2, 0.25) is 0 Å². The second-order valence-electron chi connectivity index (χ2n) is 6.22. The highest BCUT2D eigenvalue weighted by Gasteiger charge is 2.34. The van der Waals surface area contributed by atoms with Crippen molar-refractivity contribution < 1.29 is 14.3 Å². The van der Waals surface area contributed by atoms with Crippen LogP contribution in [0.5, 0.6) is 11.5 Å². The van der Waals surface area contributed by atoms with Gasteiger partial charge >= 0.3 is 0 Å². The van der Waals surface area contributed by atoms with Gasteiger partial charge in [0.1, 0.15) is 6.04 Å². The molecule has 2 aromatic heterocycles.